The molecule has 138 valence electrons. The summed E-state index contributed by atoms with van der Waals surface area (Å²) in [5.74, 6) is 0.432. The number of thiophene rings is 1. The SMILES string of the molecule is Cc1ccc(NC(=O)c2cc(-c3ccccc3)c(N3CCOCC3)s2)nc1. The topological polar surface area (TPSA) is 54.5 Å². The lowest BCUT2D eigenvalue weighted by Gasteiger charge is -2.28. The van der Waals surface area contributed by atoms with Gasteiger partial charge in [0.15, 0.2) is 0 Å². The number of nitrogens with zero attached hydrogens (tertiary/aromatic N) is 2. The first-order chi connectivity index (χ1) is 13.2. The van der Waals surface area contributed by atoms with E-state index < -0.39 is 0 Å². The summed E-state index contributed by atoms with van der Waals surface area (Å²) in [5.41, 5.74) is 3.26. The maximum atomic E-state index is 12.8. The number of carbonyl (C=O) groups excluding carboxylic acids is 1. The van der Waals surface area contributed by atoms with Crippen molar-refractivity contribution in [3.63, 3.8) is 0 Å². The lowest BCUT2D eigenvalue weighted by Crippen LogP contribution is -2.35. The quantitative estimate of drug-likeness (QED) is 0.738. The lowest BCUT2D eigenvalue weighted by atomic mass is 10.1. The largest absolute Gasteiger partial charge is 0.378 e. The summed E-state index contributed by atoms with van der Waals surface area (Å²) < 4.78 is 5.49. The number of rotatable bonds is 4. The first-order valence-corrected chi connectivity index (χ1v) is 9.78. The molecule has 5 nitrogen and oxygen atoms in total. The monoisotopic (exact) mass is 379 g/mol. The molecule has 2 aromatic heterocycles. The van der Waals surface area contributed by atoms with Crippen LogP contribution in [0.3, 0.4) is 0 Å². The van der Waals surface area contributed by atoms with E-state index in [4.69, 9.17) is 4.74 Å². The second-order valence-corrected chi connectivity index (χ2v) is 7.50. The van der Waals surface area contributed by atoms with E-state index in [1.54, 1.807) is 6.20 Å². The van der Waals surface area contributed by atoms with Crippen LogP contribution in [-0.2, 0) is 4.74 Å². The van der Waals surface area contributed by atoms with Crippen LogP contribution in [0.4, 0.5) is 10.8 Å². The number of pyridine rings is 1. The number of anilines is 2. The van der Waals surface area contributed by atoms with Crippen LogP contribution in [0, 0.1) is 6.92 Å². The third-order valence-electron chi connectivity index (χ3n) is 4.47. The highest BCUT2D eigenvalue weighted by molar-refractivity contribution is 7.18. The molecule has 1 saturated heterocycles. The second-order valence-electron chi connectivity index (χ2n) is 6.47. The van der Waals surface area contributed by atoms with Gasteiger partial charge in [-0.05, 0) is 30.2 Å². The Balaban J connectivity index is 1.65. The zero-order valence-electron chi connectivity index (χ0n) is 15.1. The fourth-order valence-electron chi connectivity index (χ4n) is 3.04. The van der Waals surface area contributed by atoms with Gasteiger partial charge in [0, 0.05) is 24.8 Å². The number of amides is 1. The van der Waals surface area contributed by atoms with E-state index in [2.05, 4.69) is 27.3 Å². The van der Waals surface area contributed by atoms with Crippen molar-refractivity contribution in [3.8, 4) is 11.1 Å². The lowest BCUT2D eigenvalue weighted by molar-refractivity contribution is 0.103. The molecule has 1 amide bonds. The van der Waals surface area contributed by atoms with Crippen LogP contribution in [0.5, 0.6) is 0 Å². The maximum absolute atomic E-state index is 12.8. The number of nitrogens with one attached hydrogen (secondary N) is 1. The standard InChI is InChI=1S/C21H21N3O2S/c1-15-7-8-19(22-14-15)23-20(25)18-13-17(16-5-3-2-4-6-16)21(27-18)24-9-11-26-12-10-24/h2-8,13-14H,9-12H2,1H3,(H,22,23,25). The third kappa shape index (κ3) is 4.02. The minimum atomic E-state index is -0.131. The molecule has 0 atom stereocenters. The molecule has 1 fully saturated rings. The molecule has 0 unspecified atom stereocenters. The average molecular weight is 379 g/mol. The molecule has 3 aromatic rings. The van der Waals surface area contributed by atoms with E-state index in [0.717, 1.165) is 34.8 Å². The number of hydrogen-bond donors (Lipinski definition) is 1. The zero-order valence-corrected chi connectivity index (χ0v) is 16.0. The first-order valence-electron chi connectivity index (χ1n) is 8.96. The van der Waals surface area contributed by atoms with Crippen molar-refractivity contribution in [1.82, 2.24) is 4.98 Å². The molecular formula is C21H21N3O2S. The first kappa shape index (κ1) is 17.7. The third-order valence-corrected chi connectivity index (χ3v) is 5.67. The highest BCUT2D eigenvalue weighted by Crippen LogP contribution is 2.39. The second kappa shape index (κ2) is 7.90. The van der Waals surface area contributed by atoms with Crippen LogP contribution in [-0.4, -0.2) is 37.2 Å². The van der Waals surface area contributed by atoms with Crippen molar-refractivity contribution < 1.29 is 9.53 Å². The molecular weight excluding hydrogens is 358 g/mol. The summed E-state index contributed by atoms with van der Waals surface area (Å²) in [6.45, 7) is 5.06. The van der Waals surface area contributed by atoms with Gasteiger partial charge in [0.25, 0.3) is 5.91 Å². The van der Waals surface area contributed by atoms with Crippen molar-refractivity contribution in [1.29, 1.82) is 0 Å². The van der Waals surface area contributed by atoms with Gasteiger partial charge in [0.2, 0.25) is 0 Å². The van der Waals surface area contributed by atoms with Gasteiger partial charge in [0.1, 0.15) is 5.82 Å². The number of aryl methyl sites for hydroxylation is 1. The fraction of sp³-hybridized carbons (Fsp3) is 0.238. The van der Waals surface area contributed by atoms with Gasteiger partial charge < -0.3 is 15.0 Å². The van der Waals surface area contributed by atoms with Gasteiger partial charge in [-0.3, -0.25) is 4.79 Å². The minimum absolute atomic E-state index is 0.131. The summed E-state index contributed by atoms with van der Waals surface area (Å²) in [5, 5.41) is 4.01. The summed E-state index contributed by atoms with van der Waals surface area (Å²) >= 11 is 1.52. The number of aromatic nitrogens is 1. The predicted octanol–water partition coefficient (Wildman–Crippen LogP) is 4.21. The van der Waals surface area contributed by atoms with Crippen LogP contribution >= 0.6 is 11.3 Å². The Morgan fingerprint density at radius 3 is 2.63 bits per heavy atom. The van der Waals surface area contributed by atoms with Crippen LogP contribution in [0.2, 0.25) is 0 Å². The molecule has 6 heteroatoms. The van der Waals surface area contributed by atoms with E-state index >= 15 is 0 Å². The van der Waals surface area contributed by atoms with Gasteiger partial charge >= 0.3 is 0 Å². The van der Waals surface area contributed by atoms with Gasteiger partial charge in [-0.1, -0.05) is 36.4 Å². The zero-order chi connectivity index (χ0) is 18.6. The highest BCUT2D eigenvalue weighted by Gasteiger charge is 2.22. The molecule has 0 saturated carbocycles. The number of carbonyl (C=O) groups is 1. The highest BCUT2D eigenvalue weighted by atomic mass is 32.1. The average Bonchev–Trinajstić information content (AvgIpc) is 3.17. The molecule has 0 bridgehead atoms. The molecule has 1 aliphatic rings. The van der Waals surface area contributed by atoms with Crippen molar-refractivity contribution in [2.45, 2.75) is 6.92 Å². The predicted molar refractivity (Wildman–Crippen MR) is 110 cm³/mol. The van der Waals surface area contributed by atoms with Gasteiger partial charge in [-0.25, -0.2) is 4.98 Å². The molecule has 4 rings (SSSR count). The molecule has 0 aliphatic carbocycles. The number of benzene rings is 1. The summed E-state index contributed by atoms with van der Waals surface area (Å²) in [6, 6.07) is 15.9. The smallest absolute Gasteiger partial charge is 0.266 e. The maximum Gasteiger partial charge on any atom is 0.266 e. The Morgan fingerprint density at radius 1 is 1.15 bits per heavy atom. The van der Waals surface area contributed by atoms with Crippen molar-refractivity contribution in [2.75, 3.05) is 36.5 Å². The van der Waals surface area contributed by atoms with Gasteiger partial charge in [-0.2, -0.15) is 0 Å². The summed E-state index contributed by atoms with van der Waals surface area (Å²) in [7, 11) is 0. The van der Waals surface area contributed by atoms with Crippen LogP contribution < -0.4 is 10.2 Å². The van der Waals surface area contributed by atoms with Crippen molar-refractivity contribution >= 4 is 28.1 Å². The molecule has 0 spiro atoms. The van der Waals surface area contributed by atoms with E-state index in [-0.39, 0.29) is 5.91 Å². The van der Waals surface area contributed by atoms with Gasteiger partial charge in [-0.15, -0.1) is 11.3 Å². The van der Waals surface area contributed by atoms with Crippen LogP contribution in [0.1, 0.15) is 15.2 Å². The molecule has 1 aromatic carbocycles. The molecule has 0 radical (unpaired) electrons. The van der Waals surface area contributed by atoms with Crippen LogP contribution in [0.25, 0.3) is 11.1 Å². The van der Waals surface area contributed by atoms with E-state index in [9.17, 15) is 4.79 Å². The van der Waals surface area contributed by atoms with Crippen LogP contribution in [0.15, 0.2) is 54.7 Å². The molecule has 27 heavy (non-hydrogen) atoms. The fourth-order valence-corrected chi connectivity index (χ4v) is 4.17. The Morgan fingerprint density at radius 2 is 1.93 bits per heavy atom. The van der Waals surface area contributed by atoms with Gasteiger partial charge in [0.05, 0.1) is 23.1 Å². The number of morpholine rings is 1. The normalized spacial score (nSPS) is 14.2. The van der Waals surface area contributed by atoms with E-state index in [1.165, 1.54) is 11.3 Å². The Hall–Kier alpha value is -2.70. The minimum Gasteiger partial charge on any atom is -0.378 e. The number of ether oxygens (including phenoxy) is 1. The Kier molecular flexibility index (Phi) is 5.18. The van der Waals surface area contributed by atoms with Crippen molar-refractivity contribution in [2.24, 2.45) is 0 Å². The summed E-state index contributed by atoms with van der Waals surface area (Å²) in [6.07, 6.45) is 1.75. The number of hydrogen-bond acceptors (Lipinski definition) is 5. The van der Waals surface area contributed by atoms with E-state index in [1.807, 2.05) is 43.3 Å². The molecule has 1 aliphatic heterocycles. The Bertz CT molecular complexity index is 916. The Labute approximate surface area is 162 Å². The molecule has 1 N–H and O–H groups in total. The van der Waals surface area contributed by atoms with Crippen molar-refractivity contribution in [3.05, 3.63) is 65.2 Å². The van der Waals surface area contributed by atoms with E-state index in [0.29, 0.717) is 23.9 Å². The summed E-state index contributed by atoms with van der Waals surface area (Å²) in [4.78, 5) is 20.0. The molecule has 3 heterocycles.